The molecule has 0 saturated heterocycles. The average molecular weight is 398 g/mol. The minimum absolute atomic E-state index is 0.144. The molecule has 6 nitrogen and oxygen atoms in total. The summed E-state index contributed by atoms with van der Waals surface area (Å²) in [6.45, 7) is 0. The van der Waals surface area contributed by atoms with Crippen LogP contribution < -0.4 is 16.6 Å². The number of benzene rings is 2. The molecule has 0 spiro atoms. The predicted molar refractivity (Wildman–Crippen MR) is 110 cm³/mol. The van der Waals surface area contributed by atoms with Gasteiger partial charge < -0.3 is 15.6 Å². The lowest BCUT2D eigenvalue weighted by Crippen LogP contribution is -2.16. The van der Waals surface area contributed by atoms with Gasteiger partial charge in [0, 0.05) is 54.0 Å². The summed E-state index contributed by atoms with van der Waals surface area (Å²) in [5.74, 6) is -0.473. The van der Waals surface area contributed by atoms with E-state index in [9.17, 15) is 9.18 Å². The lowest BCUT2D eigenvalue weighted by atomic mass is 10.0. The van der Waals surface area contributed by atoms with Gasteiger partial charge in [-0.2, -0.15) is 5.10 Å². The molecule has 0 bridgehead atoms. The van der Waals surface area contributed by atoms with Crippen molar-refractivity contribution in [3.05, 3.63) is 70.0 Å². The zero-order valence-electron chi connectivity index (χ0n) is 15.2. The van der Waals surface area contributed by atoms with E-state index in [0.29, 0.717) is 38.4 Å². The molecule has 142 valence electrons. The van der Waals surface area contributed by atoms with Crippen molar-refractivity contribution in [3.8, 4) is 11.1 Å². The number of nitrogen functional groups attached to an aromatic ring is 1. The van der Waals surface area contributed by atoms with Crippen molar-refractivity contribution in [2.75, 3.05) is 11.1 Å². The number of nitrogens with zero attached hydrogens (tertiary/aromatic N) is 3. The van der Waals surface area contributed by atoms with Crippen molar-refractivity contribution < 1.29 is 4.39 Å². The number of aromatic nitrogens is 3. The number of nitrogens with two attached hydrogens (primary N) is 1. The first-order valence-electron chi connectivity index (χ1n) is 8.48. The Morgan fingerprint density at radius 2 is 1.82 bits per heavy atom. The zero-order valence-corrected chi connectivity index (χ0v) is 16.0. The molecule has 2 aromatic carbocycles. The number of anilines is 3. The Balaban J connectivity index is 1.94. The van der Waals surface area contributed by atoms with E-state index in [1.165, 1.54) is 10.6 Å². The summed E-state index contributed by atoms with van der Waals surface area (Å²) < 4.78 is 17.4. The molecule has 0 aliphatic carbocycles. The molecule has 4 rings (SSSR count). The van der Waals surface area contributed by atoms with Gasteiger partial charge in [-0.25, -0.2) is 4.39 Å². The fraction of sp³-hybridized carbons (Fsp3) is 0.100. The summed E-state index contributed by atoms with van der Waals surface area (Å²) in [7, 11) is 3.43. The first-order valence-corrected chi connectivity index (χ1v) is 8.86. The van der Waals surface area contributed by atoms with Crippen molar-refractivity contribution in [2.24, 2.45) is 14.1 Å². The minimum atomic E-state index is -0.473. The second-order valence-corrected chi connectivity index (χ2v) is 7.01. The fourth-order valence-electron chi connectivity index (χ4n) is 3.17. The largest absolute Gasteiger partial charge is 0.399 e. The fourth-order valence-corrected chi connectivity index (χ4v) is 3.33. The van der Waals surface area contributed by atoms with Crippen LogP contribution in [0.4, 0.5) is 21.5 Å². The van der Waals surface area contributed by atoms with Crippen LogP contribution in [0.2, 0.25) is 5.02 Å². The predicted octanol–water partition coefficient (Wildman–Crippen LogP) is 4.06. The lowest BCUT2D eigenvalue weighted by Gasteiger charge is -2.15. The summed E-state index contributed by atoms with van der Waals surface area (Å²) in [6.07, 6.45) is 3.38. The molecule has 0 saturated carbocycles. The molecule has 2 heterocycles. The van der Waals surface area contributed by atoms with E-state index in [1.807, 2.05) is 0 Å². The molecule has 28 heavy (non-hydrogen) atoms. The number of pyridine rings is 1. The third kappa shape index (κ3) is 3.10. The van der Waals surface area contributed by atoms with Crippen LogP contribution in [0.25, 0.3) is 22.0 Å². The van der Waals surface area contributed by atoms with Crippen molar-refractivity contribution >= 4 is 39.6 Å². The van der Waals surface area contributed by atoms with Crippen LogP contribution in [0.5, 0.6) is 0 Å². The minimum Gasteiger partial charge on any atom is -0.399 e. The SMILES string of the molecule is Cn1cc2c(=O)n(C)cc(-c3cc(N)ccc3Nc3ccc(Cl)cc3F)c2n1. The molecule has 0 fully saturated rings. The number of fused-ring (bicyclic) bond motifs is 1. The Morgan fingerprint density at radius 1 is 1.07 bits per heavy atom. The van der Waals surface area contributed by atoms with Gasteiger partial charge in [-0.05, 0) is 36.4 Å². The third-order valence-corrected chi connectivity index (χ3v) is 4.73. The number of nitrogens with one attached hydrogen (secondary N) is 1. The summed E-state index contributed by atoms with van der Waals surface area (Å²) >= 11 is 5.84. The van der Waals surface area contributed by atoms with E-state index in [2.05, 4.69) is 10.4 Å². The molecule has 3 N–H and O–H groups in total. The van der Waals surface area contributed by atoms with Gasteiger partial charge in [0.15, 0.2) is 0 Å². The van der Waals surface area contributed by atoms with Gasteiger partial charge in [-0.3, -0.25) is 9.48 Å². The van der Waals surface area contributed by atoms with E-state index >= 15 is 0 Å². The quantitative estimate of drug-likeness (QED) is 0.511. The van der Waals surface area contributed by atoms with Gasteiger partial charge in [0.05, 0.1) is 11.1 Å². The molecule has 0 aliphatic heterocycles. The van der Waals surface area contributed by atoms with Gasteiger partial charge in [-0.15, -0.1) is 0 Å². The zero-order chi connectivity index (χ0) is 20.0. The second-order valence-electron chi connectivity index (χ2n) is 6.58. The number of hydrogen-bond donors (Lipinski definition) is 2. The Kier molecular flexibility index (Phi) is 4.31. The smallest absolute Gasteiger partial charge is 0.261 e. The summed E-state index contributed by atoms with van der Waals surface area (Å²) in [4.78, 5) is 12.5. The Labute approximate surface area is 165 Å². The molecule has 0 radical (unpaired) electrons. The standard InChI is InChI=1S/C20H17ClFN5O/c1-26-9-14(19-15(20(26)28)10-27(2)25-19)13-8-12(23)4-6-17(13)24-18-5-3-11(21)7-16(18)22/h3-10,24H,23H2,1-2H3. The summed E-state index contributed by atoms with van der Waals surface area (Å²) in [6, 6.07) is 9.66. The maximum absolute atomic E-state index is 14.3. The molecule has 8 heteroatoms. The van der Waals surface area contributed by atoms with E-state index in [-0.39, 0.29) is 11.2 Å². The van der Waals surface area contributed by atoms with Crippen LogP contribution in [0.3, 0.4) is 0 Å². The average Bonchev–Trinajstić information content (AvgIpc) is 3.04. The van der Waals surface area contributed by atoms with Crippen molar-refractivity contribution in [3.63, 3.8) is 0 Å². The van der Waals surface area contributed by atoms with Crippen molar-refractivity contribution in [2.45, 2.75) is 0 Å². The van der Waals surface area contributed by atoms with Crippen LogP contribution >= 0.6 is 11.6 Å². The molecule has 0 amide bonds. The third-order valence-electron chi connectivity index (χ3n) is 4.49. The number of aryl methyl sites for hydroxylation is 2. The summed E-state index contributed by atoms with van der Waals surface area (Å²) in [5.41, 5.74) is 9.27. The highest BCUT2D eigenvalue weighted by Gasteiger charge is 2.16. The highest BCUT2D eigenvalue weighted by Crippen LogP contribution is 2.35. The number of hydrogen-bond acceptors (Lipinski definition) is 4. The number of halogens is 2. The van der Waals surface area contributed by atoms with Crippen molar-refractivity contribution in [1.29, 1.82) is 0 Å². The van der Waals surface area contributed by atoms with Gasteiger partial charge >= 0.3 is 0 Å². The van der Waals surface area contributed by atoms with Gasteiger partial charge in [-0.1, -0.05) is 11.6 Å². The molecular formula is C20H17ClFN5O. The summed E-state index contributed by atoms with van der Waals surface area (Å²) in [5, 5.41) is 8.34. The molecule has 0 aliphatic rings. The molecule has 0 atom stereocenters. The first kappa shape index (κ1) is 18.1. The van der Waals surface area contributed by atoms with Crippen LogP contribution in [-0.2, 0) is 14.1 Å². The molecular weight excluding hydrogens is 381 g/mol. The maximum atomic E-state index is 14.3. The van der Waals surface area contributed by atoms with Gasteiger partial charge in [0.25, 0.3) is 5.56 Å². The maximum Gasteiger partial charge on any atom is 0.261 e. The van der Waals surface area contributed by atoms with E-state index in [1.54, 1.807) is 61.5 Å². The van der Waals surface area contributed by atoms with E-state index < -0.39 is 5.82 Å². The first-order chi connectivity index (χ1) is 13.3. The molecule has 0 unspecified atom stereocenters. The van der Waals surface area contributed by atoms with Gasteiger partial charge in [0.2, 0.25) is 0 Å². The van der Waals surface area contributed by atoms with E-state index in [0.717, 1.165) is 0 Å². The van der Waals surface area contributed by atoms with Crippen LogP contribution in [0, 0.1) is 5.82 Å². The van der Waals surface area contributed by atoms with Crippen molar-refractivity contribution in [1.82, 2.24) is 14.3 Å². The highest BCUT2D eigenvalue weighted by molar-refractivity contribution is 6.30. The normalized spacial score (nSPS) is 11.1. The Morgan fingerprint density at radius 3 is 2.57 bits per heavy atom. The monoisotopic (exact) mass is 397 g/mol. The second kappa shape index (κ2) is 6.69. The van der Waals surface area contributed by atoms with E-state index in [4.69, 9.17) is 17.3 Å². The number of rotatable bonds is 3. The topological polar surface area (TPSA) is 77.9 Å². The lowest BCUT2D eigenvalue weighted by molar-refractivity contribution is 0.632. The molecule has 4 aromatic rings. The highest BCUT2D eigenvalue weighted by atomic mass is 35.5. The van der Waals surface area contributed by atoms with Crippen LogP contribution in [-0.4, -0.2) is 14.3 Å². The van der Waals surface area contributed by atoms with Crippen LogP contribution in [0.1, 0.15) is 0 Å². The van der Waals surface area contributed by atoms with Gasteiger partial charge in [0.1, 0.15) is 11.3 Å². The Bertz CT molecular complexity index is 1280. The molecule has 2 aromatic heterocycles. The Hall–Kier alpha value is -3.32. The van der Waals surface area contributed by atoms with Crippen LogP contribution in [0.15, 0.2) is 53.6 Å².